The fraction of sp³-hybridized carbons (Fsp3) is 0.875. The largest absolute Gasteiger partial charge is 0.357 e. The first-order valence-corrected chi connectivity index (χ1v) is 4.00. The van der Waals surface area contributed by atoms with E-state index in [4.69, 9.17) is 10.00 Å². The Kier molecular flexibility index (Phi) is 2.86. The summed E-state index contributed by atoms with van der Waals surface area (Å²) >= 11 is 0. The molecule has 0 aromatic heterocycles. The number of nitrogens with one attached hydrogen (secondary N) is 1. The van der Waals surface area contributed by atoms with E-state index in [0.29, 0.717) is 12.5 Å². The molecular formula is C8H14N2O. The van der Waals surface area contributed by atoms with Crippen LogP contribution in [0.3, 0.4) is 0 Å². The van der Waals surface area contributed by atoms with Gasteiger partial charge in [-0.2, -0.15) is 5.26 Å². The Morgan fingerprint density at radius 1 is 1.55 bits per heavy atom. The maximum Gasteiger partial charge on any atom is 0.156 e. The molecule has 0 spiro atoms. The molecule has 1 fully saturated rings. The number of hydrogen-bond donors (Lipinski definition) is 1. The Hall–Kier alpha value is -0.590. The lowest BCUT2D eigenvalue weighted by molar-refractivity contribution is -0.0328. The monoisotopic (exact) mass is 154 g/mol. The fourth-order valence-electron chi connectivity index (χ4n) is 1.13. The minimum Gasteiger partial charge on any atom is -0.357 e. The lowest BCUT2D eigenvalue weighted by Gasteiger charge is -2.29. The predicted molar refractivity (Wildman–Crippen MR) is 42.0 cm³/mol. The molecule has 62 valence electrons. The number of ether oxygens (including phenoxy) is 1. The highest BCUT2D eigenvalue weighted by molar-refractivity contribution is 4.90. The lowest BCUT2D eigenvalue weighted by Crippen LogP contribution is -2.46. The predicted octanol–water partition coefficient (Wildman–Crippen LogP) is 0.523. The molecule has 2 atom stereocenters. The van der Waals surface area contributed by atoms with Gasteiger partial charge in [-0.1, -0.05) is 13.8 Å². The summed E-state index contributed by atoms with van der Waals surface area (Å²) in [5.74, 6) is 0.485. The van der Waals surface area contributed by atoms with Crippen molar-refractivity contribution in [2.24, 2.45) is 5.92 Å². The molecule has 0 aromatic carbocycles. The van der Waals surface area contributed by atoms with Crippen molar-refractivity contribution in [2.45, 2.75) is 26.1 Å². The summed E-state index contributed by atoms with van der Waals surface area (Å²) in [7, 11) is 0. The van der Waals surface area contributed by atoms with Crippen molar-refractivity contribution >= 4 is 0 Å². The maximum absolute atomic E-state index is 8.58. The molecule has 1 N–H and O–H groups in total. The van der Waals surface area contributed by atoms with Gasteiger partial charge in [0.1, 0.15) is 0 Å². The van der Waals surface area contributed by atoms with Crippen LogP contribution in [0.25, 0.3) is 0 Å². The Balaban J connectivity index is 2.41. The van der Waals surface area contributed by atoms with Crippen LogP contribution < -0.4 is 5.32 Å². The molecule has 0 saturated carbocycles. The standard InChI is InChI=1S/C8H14N2O/c1-6(2)8-5-10-4-7(3-9)11-8/h6-8,10H,4-5H2,1-2H3. The highest BCUT2D eigenvalue weighted by atomic mass is 16.5. The van der Waals surface area contributed by atoms with Crippen LogP contribution in [0.2, 0.25) is 0 Å². The molecule has 1 rings (SSSR count). The molecule has 1 heterocycles. The minimum atomic E-state index is -0.254. The molecule has 0 aliphatic carbocycles. The van der Waals surface area contributed by atoms with Gasteiger partial charge in [0, 0.05) is 13.1 Å². The number of hydrogen-bond acceptors (Lipinski definition) is 3. The van der Waals surface area contributed by atoms with Gasteiger partial charge in [-0.25, -0.2) is 0 Å². The van der Waals surface area contributed by atoms with Crippen molar-refractivity contribution in [1.82, 2.24) is 5.32 Å². The van der Waals surface area contributed by atoms with Crippen LogP contribution in [0.15, 0.2) is 0 Å². The van der Waals surface area contributed by atoms with Crippen molar-refractivity contribution in [2.75, 3.05) is 13.1 Å². The van der Waals surface area contributed by atoms with E-state index in [2.05, 4.69) is 25.2 Å². The number of morpholine rings is 1. The summed E-state index contributed by atoms with van der Waals surface area (Å²) in [6.45, 7) is 5.74. The van der Waals surface area contributed by atoms with Crippen molar-refractivity contribution < 1.29 is 4.74 Å². The summed E-state index contributed by atoms with van der Waals surface area (Å²) in [5.41, 5.74) is 0. The van der Waals surface area contributed by atoms with Crippen LogP contribution >= 0.6 is 0 Å². The van der Waals surface area contributed by atoms with E-state index in [1.807, 2.05) is 0 Å². The fourth-order valence-corrected chi connectivity index (χ4v) is 1.13. The second-order valence-corrected chi connectivity index (χ2v) is 3.19. The summed E-state index contributed by atoms with van der Waals surface area (Å²) in [6, 6.07) is 2.10. The summed E-state index contributed by atoms with van der Waals surface area (Å²) in [6.07, 6.45) is -0.0513. The SMILES string of the molecule is CC(C)C1CNCC(C#N)O1. The van der Waals surface area contributed by atoms with E-state index < -0.39 is 0 Å². The minimum absolute atomic E-state index is 0.202. The second-order valence-electron chi connectivity index (χ2n) is 3.19. The molecule has 0 radical (unpaired) electrons. The summed E-state index contributed by atoms with van der Waals surface area (Å²) < 4.78 is 5.47. The lowest BCUT2D eigenvalue weighted by atomic mass is 10.1. The van der Waals surface area contributed by atoms with Gasteiger partial charge in [0.15, 0.2) is 6.10 Å². The zero-order chi connectivity index (χ0) is 8.27. The van der Waals surface area contributed by atoms with Gasteiger partial charge in [0.2, 0.25) is 0 Å². The van der Waals surface area contributed by atoms with Crippen LogP contribution in [0, 0.1) is 17.2 Å². The van der Waals surface area contributed by atoms with Crippen LogP contribution in [0.1, 0.15) is 13.8 Å². The quantitative estimate of drug-likeness (QED) is 0.599. The van der Waals surface area contributed by atoms with Crippen LogP contribution in [0.4, 0.5) is 0 Å². The normalized spacial score (nSPS) is 31.8. The average Bonchev–Trinajstić information content (AvgIpc) is 2.05. The number of nitriles is 1. The van der Waals surface area contributed by atoms with Gasteiger partial charge in [-0.15, -0.1) is 0 Å². The molecule has 0 aromatic rings. The molecule has 0 bridgehead atoms. The molecule has 3 heteroatoms. The maximum atomic E-state index is 8.58. The average molecular weight is 154 g/mol. The van der Waals surface area contributed by atoms with Gasteiger partial charge in [-0.3, -0.25) is 0 Å². The molecule has 2 unspecified atom stereocenters. The van der Waals surface area contributed by atoms with Crippen molar-refractivity contribution in [3.63, 3.8) is 0 Å². The zero-order valence-corrected chi connectivity index (χ0v) is 7.00. The zero-order valence-electron chi connectivity index (χ0n) is 7.00. The van der Waals surface area contributed by atoms with Crippen molar-refractivity contribution in [1.29, 1.82) is 5.26 Å². The summed E-state index contributed by atoms with van der Waals surface area (Å²) in [4.78, 5) is 0. The third kappa shape index (κ3) is 2.18. The Morgan fingerprint density at radius 3 is 2.82 bits per heavy atom. The van der Waals surface area contributed by atoms with E-state index in [-0.39, 0.29) is 12.2 Å². The van der Waals surface area contributed by atoms with Gasteiger partial charge >= 0.3 is 0 Å². The molecule has 1 aliphatic heterocycles. The van der Waals surface area contributed by atoms with Gasteiger partial charge in [0.05, 0.1) is 12.2 Å². The molecule has 1 saturated heterocycles. The van der Waals surface area contributed by atoms with Gasteiger partial charge in [-0.05, 0) is 5.92 Å². The number of rotatable bonds is 1. The Labute approximate surface area is 67.3 Å². The molecule has 3 nitrogen and oxygen atoms in total. The third-order valence-corrected chi connectivity index (χ3v) is 1.90. The van der Waals surface area contributed by atoms with Crippen LogP contribution in [-0.4, -0.2) is 25.3 Å². The topological polar surface area (TPSA) is 45.0 Å². The molecule has 0 amide bonds. The van der Waals surface area contributed by atoms with Crippen LogP contribution in [-0.2, 0) is 4.74 Å². The van der Waals surface area contributed by atoms with Crippen molar-refractivity contribution in [3.05, 3.63) is 0 Å². The second kappa shape index (κ2) is 3.70. The highest BCUT2D eigenvalue weighted by Gasteiger charge is 2.23. The van der Waals surface area contributed by atoms with E-state index in [1.54, 1.807) is 0 Å². The van der Waals surface area contributed by atoms with E-state index in [0.717, 1.165) is 6.54 Å². The molecule has 1 aliphatic rings. The highest BCUT2D eigenvalue weighted by Crippen LogP contribution is 2.11. The first-order chi connectivity index (χ1) is 5.24. The molecular weight excluding hydrogens is 140 g/mol. The smallest absolute Gasteiger partial charge is 0.156 e. The van der Waals surface area contributed by atoms with Crippen molar-refractivity contribution in [3.8, 4) is 6.07 Å². The number of nitrogens with zero attached hydrogens (tertiary/aromatic N) is 1. The van der Waals surface area contributed by atoms with E-state index in [9.17, 15) is 0 Å². The first-order valence-electron chi connectivity index (χ1n) is 4.00. The van der Waals surface area contributed by atoms with E-state index >= 15 is 0 Å². The first kappa shape index (κ1) is 8.51. The van der Waals surface area contributed by atoms with Crippen LogP contribution in [0.5, 0.6) is 0 Å². The summed E-state index contributed by atoms with van der Waals surface area (Å²) in [5, 5.41) is 11.7. The Morgan fingerprint density at radius 2 is 2.27 bits per heavy atom. The van der Waals surface area contributed by atoms with Gasteiger partial charge in [0.25, 0.3) is 0 Å². The van der Waals surface area contributed by atoms with Gasteiger partial charge < -0.3 is 10.1 Å². The Bertz CT molecular complexity index is 162. The third-order valence-electron chi connectivity index (χ3n) is 1.90. The van der Waals surface area contributed by atoms with E-state index in [1.165, 1.54) is 0 Å². The molecule has 11 heavy (non-hydrogen) atoms.